The van der Waals surface area contributed by atoms with Crippen molar-refractivity contribution in [1.29, 1.82) is 0 Å². The number of carbonyl (C=O) groups excluding carboxylic acids is 1. The highest BCUT2D eigenvalue weighted by Crippen LogP contribution is 2.16. The first kappa shape index (κ1) is 15.9. The maximum Gasteiger partial charge on any atom is 0.320 e. The molecule has 0 aliphatic heterocycles. The predicted molar refractivity (Wildman–Crippen MR) is 70.9 cm³/mol. The van der Waals surface area contributed by atoms with E-state index in [0.29, 0.717) is 5.56 Å². The van der Waals surface area contributed by atoms with Crippen LogP contribution in [0.15, 0.2) is 24.3 Å². The van der Waals surface area contributed by atoms with Crippen molar-refractivity contribution in [3.8, 4) is 5.75 Å². The predicted octanol–water partition coefficient (Wildman–Crippen LogP) is -0.266. The molecule has 0 radical (unpaired) electrons. The fourth-order valence-electron chi connectivity index (χ4n) is 1.52. The number of aliphatic hydroxyl groups excluding tert-OH is 1. The Bertz CT molecular complexity index is 460. The van der Waals surface area contributed by atoms with E-state index in [1.165, 1.54) is 12.1 Å². The zero-order chi connectivity index (χ0) is 15.1. The zero-order valence-electron chi connectivity index (χ0n) is 10.8. The Kier molecular flexibility index (Phi) is 5.95. The smallest absolute Gasteiger partial charge is 0.320 e. The van der Waals surface area contributed by atoms with Gasteiger partial charge >= 0.3 is 5.97 Å². The fourth-order valence-corrected chi connectivity index (χ4v) is 1.52. The molecule has 0 spiro atoms. The third kappa shape index (κ3) is 5.25. The first-order valence-electron chi connectivity index (χ1n) is 6.12. The summed E-state index contributed by atoms with van der Waals surface area (Å²) in [4.78, 5) is 21.9. The van der Waals surface area contributed by atoms with Crippen molar-refractivity contribution in [2.45, 2.75) is 25.0 Å². The highest BCUT2D eigenvalue weighted by Gasteiger charge is 2.14. The third-order valence-corrected chi connectivity index (χ3v) is 2.77. The Morgan fingerprint density at radius 1 is 1.25 bits per heavy atom. The number of carboxylic acids is 1. The number of rotatable bonds is 7. The molecule has 20 heavy (non-hydrogen) atoms. The van der Waals surface area contributed by atoms with Gasteiger partial charge in [0.1, 0.15) is 11.8 Å². The quantitative estimate of drug-likeness (QED) is 0.467. The van der Waals surface area contributed by atoms with Crippen LogP contribution in [0.4, 0.5) is 0 Å². The molecule has 7 nitrogen and oxygen atoms in total. The molecule has 2 atom stereocenters. The molecule has 0 aliphatic carbocycles. The number of aliphatic hydroxyl groups is 1. The molecular weight excluding hydrogens is 264 g/mol. The summed E-state index contributed by atoms with van der Waals surface area (Å²) in [6.45, 7) is 0.00587. The minimum absolute atomic E-state index is 0.00587. The lowest BCUT2D eigenvalue weighted by atomic mass is 10.1. The molecule has 1 unspecified atom stereocenters. The van der Waals surface area contributed by atoms with Crippen LogP contribution in [0.5, 0.6) is 5.75 Å². The Morgan fingerprint density at radius 3 is 2.40 bits per heavy atom. The van der Waals surface area contributed by atoms with Crippen molar-refractivity contribution in [1.82, 2.24) is 5.32 Å². The van der Waals surface area contributed by atoms with E-state index in [4.69, 9.17) is 15.9 Å². The van der Waals surface area contributed by atoms with E-state index in [-0.39, 0.29) is 31.0 Å². The summed E-state index contributed by atoms with van der Waals surface area (Å²) < 4.78 is 0. The second kappa shape index (κ2) is 7.46. The van der Waals surface area contributed by atoms with Gasteiger partial charge in [0.2, 0.25) is 5.91 Å². The highest BCUT2D eigenvalue weighted by molar-refractivity contribution is 5.78. The SMILES string of the molecule is N[C@@H](CCC(=O)NCC(O)c1ccc(O)cc1)C(=O)O. The lowest BCUT2D eigenvalue weighted by Crippen LogP contribution is -2.33. The van der Waals surface area contributed by atoms with Crippen molar-refractivity contribution >= 4 is 11.9 Å². The summed E-state index contributed by atoms with van der Waals surface area (Å²) in [6.07, 6.45) is -0.876. The molecule has 110 valence electrons. The van der Waals surface area contributed by atoms with Gasteiger partial charge in [-0.1, -0.05) is 12.1 Å². The fraction of sp³-hybridized carbons (Fsp3) is 0.385. The topological polar surface area (TPSA) is 133 Å². The Labute approximate surface area is 116 Å². The molecule has 1 aromatic carbocycles. The summed E-state index contributed by atoms with van der Waals surface area (Å²) in [5, 5.41) is 30.0. The third-order valence-electron chi connectivity index (χ3n) is 2.77. The molecule has 0 saturated heterocycles. The maximum absolute atomic E-state index is 11.4. The summed E-state index contributed by atoms with van der Waals surface area (Å²) in [6, 6.07) is 4.90. The van der Waals surface area contributed by atoms with Crippen LogP contribution in [0.1, 0.15) is 24.5 Å². The largest absolute Gasteiger partial charge is 0.508 e. The molecule has 7 heteroatoms. The van der Waals surface area contributed by atoms with Crippen LogP contribution in [-0.4, -0.2) is 39.8 Å². The van der Waals surface area contributed by atoms with Crippen LogP contribution in [0.3, 0.4) is 0 Å². The second-order valence-corrected chi connectivity index (χ2v) is 4.39. The number of aliphatic carboxylic acids is 1. The lowest BCUT2D eigenvalue weighted by molar-refractivity contribution is -0.138. The molecule has 1 aromatic rings. The number of amides is 1. The van der Waals surface area contributed by atoms with Gasteiger partial charge in [0, 0.05) is 13.0 Å². The van der Waals surface area contributed by atoms with E-state index in [2.05, 4.69) is 5.32 Å². The van der Waals surface area contributed by atoms with Gasteiger partial charge in [-0.05, 0) is 24.1 Å². The van der Waals surface area contributed by atoms with E-state index in [0.717, 1.165) is 0 Å². The van der Waals surface area contributed by atoms with Crippen LogP contribution < -0.4 is 11.1 Å². The lowest BCUT2D eigenvalue weighted by Gasteiger charge is -2.13. The van der Waals surface area contributed by atoms with Gasteiger partial charge < -0.3 is 26.4 Å². The maximum atomic E-state index is 11.4. The van der Waals surface area contributed by atoms with E-state index in [1.54, 1.807) is 12.1 Å². The normalized spacial score (nSPS) is 13.5. The number of nitrogens with one attached hydrogen (secondary N) is 1. The van der Waals surface area contributed by atoms with Crippen LogP contribution in [-0.2, 0) is 9.59 Å². The average Bonchev–Trinajstić information content (AvgIpc) is 2.42. The van der Waals surface area contributed by atoms with Crippen LogP contribution in [0.2, 0.25) is 0 Å². The number of hydrogen-bond donors (Lipinski definition) is 5. The van der Waals surface area contributed by atoms with Gasteiger partial charge in [0.15, 0.2) is 0 Å². The molecule has 0 aromatic heterocycles. The summed E-state index contributed by atoms with van der Waals surface area (Å²) in [5.41, 5.74) is 5.83. The minimum Gasteiger partial charge on any atom is -0.508 e. The second-order valence-electron chi connectivity index (χ2n) is 4.39. The van der Waals surface area contributed by atoms with Crippen molar-refractivity contribution in [2.75, 3.05) is 6.54 Å². The molecular formula is C13H18N2O5. The van der Waals surface area contributed by atoms with Crippen LogP contribution in [0, 0.1) is 0 Å². The monoisotopic (exact) mass is 282 g/mol. The van der Waals surface area contributed by atoms with Crippen molar-refractivity contribution < 1.29 is 24.9 Å². The van der Waals surface area contributed by atoms with E-state index < -0.39 is 18.1 Å². The number of carbonyl (C=O) groups is 2. The van der Waals surface area contributed by atoms with E-state index >= 15 is 0 Å². The molecule has 1 rings (SSSR count). The number of phenols is 1. The molecule has 0 saturated carbocycles. The molecule has 0 fully saturated rings. The van der Waals surface area contributed by atoms with Gasteiger partial charge in [-0.2, -0.15) is 0 Å². The molecule has 0 bridgehead atoms. The first-order valence-corrected chi connectivity index (χ1v) is 6.12. The van der Waals surface area contributed by atoms with Gasteiger partial charge in [0.05, 0.1) is 6.10 Å². The van der Waals surface area contributed by atoms with Crippen LogP contribution >= 0.6 is 0 Å². The Hall–Kier alpha value is -2.12. The van der Waals surface area contributed by atoms with Gasteiger partial charge in [-0.25, -0.2) is 0 Å². The minimum atomic E-state index is -1.15. The van der Waals surface area contributed by atoms with Crippen LogP contribution in [0.25, 0.3) is 0 Å². The number of phenolic OH excluding ortho intramolecular Hbond substituents is 1. The number of nitrogens with two attached hydrogens (primary N) is 1. The van der Waals surface area contributed by atoms with Gasteiger partial charge in [0.25, 0.3) is 0 Å². The summed E-state index contributed by atoms with van der Waals surface area (Å²) in [5.74, 6) is -1.44. The molecule has 0 heterocycles. The Morgan fingerprint density at radius 2 is 1.85 bits per heavy atom. The summed E-state index contributed by atoms with van der Waals surface area (Å²) >= 11 is 0. The van der Waals surface area contributed by atoms with Crippen molar-refractivity contribution in [2.24, 2.45) is 5.73 Å². The molecule has 1 amide bonds. The van der Waals surface area contributed by atoms with Gasteiger partial charge in [-0.15, -0.1) is 0 Å². The average molecular weight is 282 g/mol. The van der Waals surface area contributed by atoms with E-state index in [1.807, 2.05) is 0 Å². The van der Waals surface area contributed by atoms with Gasteiger partial charge in [-0.3, -0.25) is 9.59 Å². The number of benzene rings is 1. The number of carboxylic acid groups (broad SMARTS) is 1. The number of hydrogen-bond acceptors (Lipinski definition) is 5. The van der Waals surface area contributed by atoms with Crippen molar-refractivity contribution in [3.63, 3.8) is 0 Å². The zero-order valence-corrected chi connectivity index (χ0v) is 10.8. The highest BCUT2D eigenvalue weighted by atomic mass is 16.4. The molecule has 6 N–H and O–H groups in total. The van der Waals surface area contributed by atoms with E-state index in [9.17, 15) is 14.7 Å². The Balaban J connectivity index is 2.33. The summed E-state index contributed by atoms with van der Waals surface area (Å²) in [7, 11) is 0. The van der Waals surface area contributed by atoms with Crippen molar-refractivity contribution in [3.05, 3.63) is 29.8 Å². The first-order chi connectivity index (χ1) is 9.40. The standard InChI is InChI=1S/C13H18N2O5/c14-10(13(19)20)5-6-12(18)15-7-11(17)8-1-3-9(16)4-2-8/h1-4,10-11,16-17H,5-7,14H2,(H,15,18)(H,19,20)/t10-,11?/m0/s1. The number of aromatic hydroxyl groups is 1. The molecule has 0 aliphatic rings.